The molecule has 0 amide bonds. The predicted molar refractivity (Wildman–Crippen MR) is 27.8 cm³/mol. The summed E-state index contributed by atoms with van der Waals surface area (Å²) in [4.78, 5) is 0. The van der Waals surface area contributed by atoms with Crippen LogP contribution in [0.4, 0.5) is 4.39 Å². The van der Waals surface area contributed by atoms with E-state index < -0.39 is 6.17 Å². The van der Waals surface area contributed by atoms with Crippen molar-refractivity contribution in [2.24, 2.45) is 0 Å². The lowest BCUT2D eigenvalue weighted by molar-refractivity contribution is 0.351. The van der Waals surface area contributed by atoms with Gasteiger partial charge in [-0.25, -0.2) is 4.39 Å². The molecule has 0 bridgehead atoms. The third-order valence-electron chi connectivity index (χ3n) is 1.21. The molecule has 42 valence electrons. The van der Waals surface area contributed by atoms with Crippen molar-refractivity contribution < 1.29 is 4.39 Å². The Bertz CT molecular complexity index is 154. The van der Waals surface area contributed by atoms with Crippen LogP contribution in [-0.4, -0.2) is 6.17 Å². The van der Waals surface area contributed by atoms with Gasteiger partial charge in [0, 0.05) is 12.0 Å². The molecule has 0 aromatic carbocycles. The van der Waals surface area contributed by atoms with Gasteiger partial charge in [-0.1, -0.05) is 6.08 Å². The molecule has 1 atom stereocenters. The molecule has 0 radical (unpaired) electrons. The van der Waals surface area contributed by atoms with Gasteiger partial charge in [-0.15, -0.1) is 0 Å². The van der Waals surface area contributed by atoms with Crippen molar-refractivity contribution in [3.05, 3.63) is 11.6 Å². The van der Waals surface area contributed by atoms with Gasteiger partial charge in [0.05, 0.1) is 6.07 Å². The maximum absolute atomic E-state index is 12.2. The standard InChI is InChI=1S/C6H6FN/c7-6-2-1-5(3-6)4-8/h1,6H,2-3H2. The van der Waals surface area contributed by atoms with Crippen molar-refractivity contribution >= 4 is 0 Å². The number of rotatable bonds is 0. The van der Waals surface area contributed by atoms with Gasteiger partial charge in [0.15, 0.2) is 0 Å². The van der Waals surface area contributed by atoms with Crippen molar-refractivity contribution in [2.75, 3.05) is 0 Å². The highest BCUT2D eigenvalue weighted by molar-refractivity contribution is 5.25. The summed E-state index contributed by atoms with van der Waals surface area (Å²) in [6.07, 6.45) is 1.63. The highest BCUT2D eigenvalue weighted by Crippen LogP contribution is 2.19. The molecule has 0 aliphatic heterocycles. The summed E-state index contributed by atoms with van der Waals surface area (Å²) in [5.41, 5.74) is 0.595. The Labute approximate surface area is 47.4 Å². The largest absolute Gasteiger partial charge is 0.247 e. The summed E-state index contributed by atoms with van der Waals surface area (Å²) in [5, 5.41) is 8.20. The van der Waals surface area contributed by atoms with Crippen LogP contribution in [0.2, 0.25) is 0 Å². The van der Waals surface area contributed by atoms with Gasteiger partial charge in [-0.05, 0) is 6.42 Å². The number of nitrogens with zero attached hydrogens (tertiary/aromatic N) is 1. The van der Waals surface area contributed by atoms with Crippen molar-refractivity contribution in [1.29, 1.82) is 5.26 Å². The van der Waals surface area contributed by atoms with Gasteiger partial charge in [-0.2, -0.15) is 5.26 Å². The Morgan fingerprint density at radius 3 is 2.88 bits per heavy atom. The van der Waals surface area contributed by atoms with Gasteiger partial charge >= 0.3 is 0 Å². The van der Waals surface area contributed by atoms with Gasteiger partial charge in [0.1, 0.15) is 6.17 Å². The maximum atomic E-state index is 12.2. The zero-order valence-corrected chi connectivity index (χ0v) is 4.39. The number of nitriles is 1. The highest BCUT2D eigenvalue weighted by atomic mass is 19.1. The highest BCUT2D eigenvalue weighted by Gasteiger charge is 2.14. The lowest BCUT2D eigenvalue weighted by Gasteiger charge is -1.89. The molecule has 0 aromatic rings. The van der Waals surface area contributed by atoms with Crippen molar-refractivity contribution in [3.8, 4) is 6.07 Å². The van der Waals surface area contributed by atoms with Crippen LogP contribution in [0.25, 0.3) is 0 Å². The zero-order valence-electron chi connectivity index (χ0n) is 4.39. The molecule has 8 heavy (non-hydrogen) atoms. The van der Waals surface area contributed by atoms with E-state index in [0.717, 1.165) is 0 Å². The van der Waals surface area contributed by atoms with E-state index in [0.29, 0.717) is 18.4 Å². The molecule has 1 unspecified atom stereocenters. The summed E-state index contributed by atoms with van der Waals surface area (Å²) < 4.78 is 12.2. The Morgan fingerprint density at radius 2 is 2.62 bits per heavy atom. The van der Waals surface area contributed by atoms with Crippen LogP contribution in [0.5, 0.6) is 0 Å². The fourth-order valence-corrected chi connectivity index (χ4v) is 0.767. The van der Waals surface area contributed by atoms with E-state index in [2.05, 4.69) is 0 Å². The molecule has 0 aromatic heterocycles. The van der Waals surface area contributed by atoms with Crippen LogP contribution in [-0.2, 0) is 0 Å². The van der Waals surface area contributed by atoms with Gasteiger partial charge < -0.3 is 0 Å². The van der Waals surface area contributed by atoms with Crippen LogP contribution in [0.1, 0.15) is 12.8 Å². The molecular weight excluding hydrogens is 105 g/mol. The molecule has 2 heteroatoms. The topological polar surface area (TPSA) is 23.8 Å². The molecule has 1 nitrogen and oxygen atoms in total. The summed E-state index contributed by atoms with van der Waals surface area (Å²) >= 11 is 0. The molecular formula is C6H6FN. The number of allylic oxidation sites excluding steroid dienone is 2. The first kappa shape index (κ1) is 5.30. The quantitative estimate of drug-likeness (QED) is 0.465. The normalized spacial score (nSPS) is 27.0. The monoisotopic (exact) mass is 111 g/mol. The molecule has 0 heterocycles. The van der Waals surface area contributed by atoms with E-state index in [9.17, 15) is 4.39 Å². The van der Waals surface area contributed by atoms with Crippen LogP contribution in [0.3, 0.4) is 0 Å². The summed E-state index contributed by atoms with van der Waals surface area (Å²) in [7, 11) is 0. The van der Waals surface area contributed by atoms with Gasteiger partial charge in [0.2, 0.25) is 0 Å². The number of halogens is 1. The van der Waals surface area contributed by atoms with E-state index >= 15 is 0 Å². The molecule has 0 spiro atoms. The molecule has 0 saturated heterocycles. The third kappa shape index (κ3) is 0.865. The van der Waals surface area contributed by atoms with Crippen LogP contribution < -0.4 is 0 Å². The minimum Gasteiger partial charge on any atom is -0.247 e. The molecule has 1 rings (SSSR count). The first-order chi connectivity index (χ1) is 3.83. The maximum Gasteiger partial charge on any atom is 0.108 e. The lowest BCUT2D eigenvalue weighted by Crippen LogP contribution is -1.89. The summed E-state index contributed by atoms with van der Waals surface area (Å²) in [6, 6.07) is 1.92. The fraction of sp³-hybridized carbons (Fsp3) is 0.500. The van der Waals surface area contributed by atoms with Gasteiger partial charge in [0.25, 0.3) is 0 Å². The summed E-state index contributed by atoms with van der Waals surface area (Å²) in [6.45, 7) is 0. The number of alkyl halides is 1. The zero-order chi connectivity index (χ0) is 5.98. The average Bonchev–Trinajstić information content (AvgIpc) is 2.14. The van der Waals surface area contributed by atoms with E-state index in [4.69, 9.17) is 5.26 Å². The SMILES string of the molecule is N#CC1=CCC(F)C1. The van der Waals surface area contributed by atoms with Crippen LogP contribution in [0, 0.1) is 11.3 Å². The van der Waals surface area contributed by atoms with E-state index in [1.54, 1.807) is 6.08 Å². The van der Waals surface area contributed by atoms with E-state index in [1.807, 2.05) is 6.07 Å². The Kier molecular flexibility index (Phi) is 1.29. The second-order valence-electron chi connectivity index (χ2n) is 1.88. The molecule has 1 aliphatic rings. The van der Waals surface area contributed by atoms with Crippen molar-refractivity contribution in [2.45, 2.75) is 19.0 Å². The first-order valence-corrected chi connectivity index (χ1v) is 2.56. The Balaban J connectivity index is 2.53. The molecule has 0 N–H and O–H groups in total. The first-order valence-electron chi connectivity index (χ1n) is 2.56. The van der Waals surface area contributed by atoms with Crippen molar-refractivity contribution in [1.82, 2.24) is 0 Å². The molecule has 1 aliphatic carbocycles. The minimum absolute atomic E-state index is 0.330. The number of hydrogen-bond acceptors (Lipinski definition) is 1. The summed E-state index contributed by atoms with van der Waals surface area (Å²) in [5.74, 6) is 0. The lowest BCUT2D eigenvalue weighted by atomic mass is 10.2. The second kappa shape index (κ2) is 1.95. The molecule has 0 fully saturated rings. The minimum atomic E-state index is -0.787. The van der Waals surface area contributed by atoms with E-state index in [1.165, 1.54) is 0 Å². The fourth-order valence-electron chi connectivity index (χ4n) is 0.767. The predicted octanol–water partition coefficient (Wildman–Crippen LogP) is 1.57. The number of hydrogen-bond donors (Lipinski definition) is 0. The third-order valence-corrected chi connectivity index (χ3v) is 1.21. The van der Waals surface area contributed by atoms with Crippen LogP contribution in [0.15, 0.2) is 11.6 Å². The van der Waals surface area contributed by atoms with Crippen molar-refractivity contribution in [3.63, 3.8) is 0 Å². The Morgan fingerprint density at radius 1 is 1.88 bits per heavy atom. The average molecular weight is 111 g/mol. The van der Waals surface area contributed by atoms with Crippen LogP contribution >= 0.6 is 0 Å². The van der Waals surface area contributed by atoms with E-state index in [-0.39, 0.29) is 0 Å². The molecule has 0 saturated carbocycles. The second-order valence-corrected chi connectivity index (χ2v) is 1.88. The Hall–Kier alpha value is -0.840. The smallest absolute Gasteiger partial charge is 0.108 e. The van der Waals surface area contributed by atoms with Gasteiger partial charge in [-0.3, -0.25) is 0 Å².